The highest BCUT2D eigenvalue weighted by Gasteiger charge is 2.43. The molecule has 98 valence electrons. The fourth-order valence-corrected chi connectivity index (χ4v) is 4.49. The van der Waals surface area contributed by atoms with Gasteiger partial charge in [0, 0.05) is 25.0 Å². The zero-order chi connectivity index (χ0) is 11.8. The van der Waals surface area contributed by atoms with Crippen molar-refractivity contribution in [3.63, 3.8) is 0 Å². The molecule has 1 aliphatic heterocycles. The first-order valence-electron chi connectivity index (χ1n) is 7.70. The van der Waals surface area contributed by atoms with Crippen LogP contribution >= 0.6 is 0 Å². The first-order chi connectivity index (χ1) is 8.28. The number of hydrogen-bond acceptors (Lipinski definition) is 2. The third-order valence-corrected chi connectivity index (χ3v) is 5.76. The topological polar surface area (TPSA) is 23.5 Å². The lowest BCUT2D eigenvalue weighted by molar-refractivity contribution is 0.107. The van der Waals surface area contributed by atoms with Gasteiger partial charge in [-0.2, -0.15) is 0 Å². The monoisotopic (exact) mass is 237 g/mol. The van der Waals surface area contributed by atoms with Crippen molar-refractivity contribution in [3.8, 4) is 0 Å². The lowest BCUT2D eigenvalue weighted by Crippen LogP contribution is -2.37. The molecule has 0 radical (unpaired) electrons. The van der Waals surface area contributed by atoms with Crippen molar-refractivity contribution in [1.29, 1.82) is 0 Å². The Morgan fingerprint density at radius 1 is 1.00 bits per heavy atom. The van der Waals surface area contributed by atoms with E-state index in [2.05, 4.69) is 11.8 Å². The van der Waals surface area contributed by atoms with E-state index in [0.717, 1.165) is 24.3 Å². The summed E-state index contributed by atoms with van der Waals surface area (Å²) in [7, 11) is 0. The number of hydrogen-bond donors (Lipinski definition) is 1. The summed E-state index contributed by atoms with van der Waals surface area (Å²) >= 11 is 0. The molecule has 3 rings (SSSR count). The van der Waals surface area contributed by atoms with E-state index in [1.165, 1.54) is 51.6 Å². The molecule has 0 aromatic heterocycles. The number of rotatable bonds is 2. The highest BCUT2D eigenvalue weighted by molar-refractivity contribution is 4.96. The lowest BCUT2D eigenvalue weighted by atomic mass is 9.84. The van der Waals surface area contributed by atoms with Crippen LogP contribution in [0.25, 0.3) is 0 Å². The van der Waals surface area contributed by atoms with E-state index in [1.807, 2.05) is 0 Å². The molecule has 3 atom stereocenters. The first-order valence-corrected chi connectivity index (χ1v) is 7.70. The van der Waals surface area contributed by atoms with Gasteiger partial charge in [-0.05, 0) is 50.4 Å². The Hall–Kier alpha value is -0.0800. The number of nitrogens with zero attached hydrogens (tertiary/aromatic N) is 1. The van der Waals surface area contributed by atoms with E-state index in [0.29, 0.717) is 5.92 Å². The molecule has 2 aliphatic carbocycles. The van der Waals surface area contributed by atoms with Crippen LogP contribution in [0.1, 0.15) is 51.9 Å². The molecule has 17 heavy (non-hydrogen) atoms. The van der Waals surface area contributed by atoms with Gasteiger partial charge in [0.2, 0.25) is 0 Å². The van der Waals surface area contributed by atoms with E-state index in [9.17, 15) is 5.11 Å². The molecular weight excluding hydrogens is 210 g/mol. The van der Waals surface area contributed by atoms with E-state index in [1.54, 1.807) is 0 Å². The zero-order valence-corrected chi connectivity index (χ0v) is 11.1. The molecule has 0 bridgehead atoms. The van der Waals surface area contributed by atoms with Crippen LogP contribution in [0.4, 0.5) is 0 Å². The average Bonchev–Trinajstić information content (AvgIpc) is 2.92. The summed E-state index contributed by atoms with van der Waals surface area (Å²) in [4.78, 5) is 2.71. The second-order valence-corrected chi connectivity index (χ2v) is 6.61. The molecule has 0 aromatic carbocycles. The molecular formula is C15H27NO. The maximum atomic E-state index is 9.97. The molecule has 1 heterocycles. The Morgan fingerprint density at radius 2 is 1.76 bits per heavy atom. The Labute approximate surface area is 105 Å². The van der Waals surface area contributed by atoms with Gasteiger partial charge in [-0.25, -0.2) is 0 Å². The Kier molecular flexibility index (Phi) is 3.45. The van der Waals surface area contributed by atoms with Crippen molar-refractivity contribution >= 4 is 0 Å². The number of likely N-dealkylation sites (tertiary alicyclic amines) is 1. The van der Waals surface area contributed by atoms with Crippen molar-refractivity contribution in [1.82, 2.24) is 4.90 Å². The molecule has 1 saturated heterocycles. The molecule has 2 saturated carbocycles. The van der Waals surface area contributed by atoms with Crippen molar-refractivity contribution in [2.24, 2.45) is 17.8 Å². The molecule has 3 unspecified atom stereocenters. The summed E-state index contributed by atoms with van der Waals surface area (Å²) < 4.78 is 0. The van der Waals surface area contributed by atoms with Crippen molar-refractivity contribution in [3.05, 3.63) is 0 Å². The van der Waals surface area contributed by atoms with Gasteiger partial charge in [0.1, 0.15) is 0 Å². The molecule has 2 heteroatoms. The first kappa shape index (κ1) is 12.0. The molecule has 3 aliphatic rings. The predicted octanol–water partition coefficient (Wildman–Crippen LogP) is 2.66. The summed E-state index contributed by atoms with van der Waals surface area (Å²) in [5.74, 6) is 2.42. The summed E-state index contributed by atoms with van der Waals surface area (Å²) in [6.45, 7) is 4.80. The van der Waals surface area contributed by atoms with E-state index in [4.69, 9.17) is 0 Å². The van der Waals surface area contributed by atoms with Crippen LogP contribution in [-0.2, 0) is 0 Å². The molecule has 0 spiro atoms. The highest BCUT2D eigenvalue weighted by atomic mass is 16.3. The third kappa shape index (κ3) is 2.26. The van der Waals surface area contributed by atoms with E-state index >= 15 is 0 Å². The zero-order valence-electron chi connectivity index (χ0n) is 11.1. The predicted molar refractivity (Wildman–Crippen MR) is 69.8 cm³/mol. The molecule has 0 amide bonds. The van der Waals surface area contributed by atoms with Crippen LogP contribution < -0.4 is 0 Å². The average molecular weight is 237 g/mol. The third-order valence-electron chi connectivity index (χ3n) is 5.76. The molecule has 1 N–H and O–H groups in total. The minimum absolute atomic E-state index is 0.0111. The highest BCUT2D eigenvalue weighted by Crippen LogP contribution is 2.41. The van der Waals surface area contributed by atoms with Gasteiger partial charge in [0.15, 0.2) is 0 Å². The standard InChI is InChI=1S/C15H27NO/c1-2-11-3-6-13(7-4-11)16-9-12-5-8-15(17)14(12)10-16/h11-15,17H,2-10H2,1H3. The second kappa shape index (κ2) is 4.89. The van der Waals surface area contributed by atoms with Crippen LogP contribution in [0.15, 0.2) is 0 Å². The van der Waals surface area contributed by atoms with Gasteiger partial charge in [-0.15, -0.1) is 0 Å². The maximum absolute atomic E-state index is 9.97. The van der Waals surface area contributed by atoms with Crippen molar-refractivity contribution in [2.45, 2.75) is 64.0 Å². The van der Waals surface area contributed by atoms with Gasteiger partial charge in [0.25, 0.3) is 0 Å². The minimum atomic E-state index is 0.0111. The van der Waals surface area contributed by atoms with E-state index < -0.39 is 0 Å². The van der Waals surface area contributed by atoms with Gasteiger partial charge < -0.3 is 5.11 Å². The van der Waals surface area contributed by atoms with Crippen LogP contribution in [0, 0.1) is 17.8 Å². The number of aliphatic hydroxyl groups is 1. The maximum Gasteiger partial charge on any atom is 0.0583 e. The van der Waals surface area contributed by atoms with E-state index in [-0.39, 0.29) is 6.10 Å². The summed E-state index contributed by atoms with van der Waals surface area (Å²) in [6, 6.07) is 0.843. The van der Waals surface area contributed by atoms with Crippen LogP contribution in [0.5, 0.6) is 0 Å². The van der Waals surface area contributed by atoms with Crippen molar-refractivity contribution < 1.29 is 5.11 Å². The number of fused-ring (bicyclic) bond motifs is 1. The minimum Gasteiger partial charge on any atom is -0.393 e. The fraction of sp³-hybridized carbons (Fsp3) is 1.00. The smallest absolute Gasteiger partial charge is 0.0583 e. The summed E-state index contributed by atoms with van der Waals surface area (Å²) in [5, 5.41) is 9.97. The fourth-order valence-electron chi connectivity index (χ4n) is 4.49. The van der Waals surface area contributed by atoms with Crippen molar-refractivity contribution in [2.75, 3.05) is 13.1 Å². The van der Waals surface area contributed by atoms with Crippen LogP contribution in [-0.4, -0.2) is 35.2 Å². The Balaban J connectivity index is 1.54. The molecule has 2 nitrogen and oxygen atoms in total. The largest absolute Gasteiger partial charge is 0.393 e. The van der Waals surface area contributed by atoms with Gasteiger partial charge in [-0.1, -0.05) is 13.3 Å². The van der Waals surface area contributed by atoms with Gasteiger partial charge >= 0.3 is 0 Å². The SMILES string of the molecule is CCC1CCC(N2CC3CCC(O)C3C2)CC1. The Bertz CT molecular complexity index is 260. The van der Waals surface area contributed by atoms with Crippen LogP contribution in [0.2, 0.25) is 0 Å². The normalized spacial score (nSPS) is 47.3. The van der Waals surface area contributed by atoms with Crippen LogP contribution in [0.3, 0.4) is 0 Å². The summed E-state index contributed by atoms with van der Waals surface area (Å²) in [5.41, 5.74) is 0. The van der Waals surface area contributed by atoms with Gasteiger partial charge in [0.05, 0.1) is 6.10 Å². The quantitative estimate of drug-likeness (QED) is 0.798. The summed E-state index contributed by atoms with van der Waals surface area (Å²) in [6.07, 6.45) is 9.42. The second-order valence-electron chi connectivity index (χ2n) is 6.61. The molecule has 3 fully saturated rings. The molecule has 0 aromatic rings. The number of aliphatic hydroxyl groups excluding tert-OH is 1. The Morgan fingerprint density at radius 3 is 2.41 bits per heavy atom. The lowest BCUT2D eigenvalue weighted by Gasteiger charge is -2.35. The van der Waals surface area contributed by atoms with Gasteiger partial charge in [-0.3, -0.25) is 4.90 Å².